The standard InChI is InChI=1S/C18H16N2OS/c21-17(11-22-18-19-7-8-20-18)14-6-5-13-9-12-3-1-2-4-15(12)16(13)10-14/h1-6,10H,7-9,11H2,(H,19,20). The molecule has 0 amide bonds. The second-order valence-electron chi connectivity index (χ2n) is 5.53. The van der Waals surface area contributed by atoms with E-state index < -0.39 is 0 Å². The summed E-state index contributed by atoms with van der Waals surface area (Å²) in [6, 6.07) is 14.5. The predicted octanol–water partition coefficient (Wildman–Crippen LogP) is 3.13. The highest BCUT2D eigenvalue weighted by atomic mass is 32.2. The Morgan fingerprint density at radius 1 is 1.14 bits per heavy atom. The number of carbonyl (C=O) groups is 1. The molecule has 1 aliphatic carbocycles. The molecule has 2 aliphatic rings. The normalized spacial score (nSPS) is 15.0. The van der Waals surface area contributed by atoms with Crippen LogP contribution in [0.5, 0.6) is 0 Å². The summed E-state index contributed by atoms with van der Waals surface area (Å²) in [5.41, 5.74) is 5.93. The van der Waals surface area contributed by atoms with Gasteiger partial charge in [-0.3, -0.25) is 9.79 Å². The summed E-state index contributed by atoms with van der Waals surface area (Å²) in [5, 5.41) is 4.07. The Kier molecular flexibility index (Phi) is 3.47. The smallest absolute Gasteiger partial charge is 0.173 e. The first kappa shape index (κ1) is 13.6. The molecule has 3 nitrogen and oxygen atoms in total. The first-order valence-corrected chi connectivity index (χ1v) is 8.45. The highest BCUT2D eigenvalue weighted by Gasteiger charge is 2.19. The minimum absolute atomic E-state index is 0.161. The third-order valence-corrected chi connectivity index (χ3v) is 5.06. The molecule has 1 aliphatic heterocycles. The molecule has 22 heavy (non-hydrogen) atoms. The lowest BCUT2D eigenvalue weighted by atomic mass is 10.0. The predicted molar refractivity (Wildman–Crippen MR) is 91.8 cm³/mol. The second kappa shape index (κ2) is 5.61. The largest absolute Gasteiger partial charge is 0.363 e. The van der Waals surface area contributed by atoms with E-state index in [9.17, 15) is 4.79 Å². The van der Waals surface area contributed by atoms with Gasteiger partial charge in [-0.25, -0.2) is 0 Å². The maximum absolute atomic E-state index is 12.4. The number of thioether (sulfide) groups is 1. The van der Waals surface area contributed by atoms with E-state index in [0.29, 0.717) is 5.75 Å². The Balaban J connectivity index is 1.56. The summed E-state index contributed by atoms with van der Waals surface area (Å²) in [5.74, 6) is 0.597. The third kappa shape index (κ3) is 2.44. The van der Waals surface area contributed by atoms with E-state index in [4.69, 9.17) is 0 Å². The summed E-state index contributed by atoms with van der Waals surface area (Å²) < 4.78 is 0. The quantitative estimate of drug-likeness (QED) is 0.756. The summed E-state index contributed by atoms with van der Waals surface area (Å²) in [6.45, 7) is 1.69. The summed E-state index contributed by atoms with van der Waals surface area (Å²) in [7, 11) is 0. The Bertz CT molecular complexity index is 782. The average molecular weight is 308 g/mol. The Labute approximate surface area is 133 Å². The first-order chi connectivity index (χ1) is 10.8. The fourth-order valence-electron chi connectivity index (χ4n) is 2.99. The number of rotatable bonds is 3. The minimum Gasteiger partial charge on any atom is -0.363 e. The second-order valence-corrected chi connectivity index (χ2v) is 6.50. The van der Waals surface area contributed by atoms with Crippen LogP contribution in [0.3, 0.4) is 0 Å². The molecule has 1 N–H and O–H groups in total. The molecule has 0 bridgehead atoms. The SMILES string of the molecule is O=C(CSC1=NCCN1)c1ccc2c(c1)-c1ccccc1C2. The number of nitrogens with zero attached hydrogens (tertiary/aromatic N) is 1. The molecule has 0 unspecified atom stereocenters. The van der Waals surface area contributed by atoms with Crippen LogP contribution in [0.15, 0.2) is 47.5 Å². The maximum Gasteiger partial charge on any atom is 0.173 e. The summed E-state index contributed by atoms with van der Waals surface area (Å²) in [4.78, 5) is 16.7. The molecule has 4 rings (SSSR count). The van der Waals surface area contributed by atoms with E-state index in [1.54, 1.807) is 0 Å². The van der Waals surface area contributed by atoms with Crippen LogP contribution in [-0.2, 0) is 6.42 Å². The van der Waals surface area contributed by atoms with Crippen molar-refractivity contribution in [2.24, 2.45) is 4.99 Å². The molecule has 1 heterocycles. The highest BCUT2D eigenvalue weighted by Crippen LogP contribution is 2.36. The van der Waals surface area contributed by atoms with Crippen molar-refractivity contribution < 1.29 is 4.79 Å². The lowest BCUT2D eigenvalue weighted by Gasteiger charge is -2.06. The number of amidine groups is 1. The number of benzene rings is 2. The third-order valence-electron chi connectivity index (χ3n) is 4.10. The lowest BCUT2D eigenvalue weighted by molar-refractivity contribution is 0.102. The van der Waals surface area contributed by atoms with Crippen molar-refractivity contribution in [2.45, 2.75) is 6.42 Å². The maximum atomic E-state index is 12.4. The van der Waals surface area contributed by atoms with E-state index in [1.165, 1.54) is 34.0 Å². The Hall–Kier alpha value is -2.07. The van der Waals surface area contributed by atoms with E-state index in [1.807, 2.05) is 12.1 Å². The van der Waals surface area contributed by atoms with Crippen LogP contribution in [0.25, 0.3) is 11.1 Å². The first-order valence-electron chi connectivity index (χ1n) is 7.47. The van der Waals surface area contributed by atoms with Crippen molar-refractivity contribution in [2.75, 3.05) is 18.8 Å². The number of Topliss-reactive ketones (excluding diaryl/α,β-unsaturated/α-hetero) is 1. The number of hydrogen-bond acceptors (Lipinski definition) is 4. The molecule has 2 aromatic carbocycles. The molecule has 0 aromatic heterocycles. The van der Waals surface area contributed by atoms with Gasteiger partial charge in [0.05, 0.1) is 12.3 Å². The zero-order chi connectivity index (χ0) is 14.9. The van der Waals surface area contributed by atoms with E-state index in [2.05, 4.69) is 40.6 Å². The molecule has 0 fully saturated rings. The summed E-state index contributed by atoms with van der Waals surface area (Å²) in [6.07, 6.45) is 0.968. The van der Waals surface area contributed by atoms with E-state index in [-0.39, 0.29) is 5.78 Å². The number of aliphatic imine (C=N–C) groups is 1. The monoisotopic (exact) mass is 308 g/mol. The molecule has 110 valence electrons. The Morgan fingerprint density at radius 2 is 2.00 bits per heavy atom. The molecule has 4 heteroatoms. The zero-order valence-electron chi connectivity index (χ0n) is 12.1. The number of hydrogen-bond donors (Lipinski definition) is 1. The summed E-state index contributed by atoms with van der Waals surface area (Å²) >= 11 is 1.50. The lowest BCUT2D eigenvalue weighted by Crippen LogP contribution is -2.17. The van der Waals surface area contributed by atoms with Gasteiger partial charge in [-0.1, -0.05) is 48.2 Å². The van der Waals surface area contributed by atoms with Gasteiger partial charge in [0.15, 0.2) is 11.0 Å². The fraction of sp³-hybridized carbons (Fsp3) is 0.222. The Morgan fingerprint density at radius 3 is 2.86 bits per heavy atom. The van der Waals surface area contributed by atoms with Crippen molar-refractivity contribution in [1.29, 1.82) is 0 Å². The van der Waals surface area contributed by atoms with Crippen molar-refractivity contribution in [1.82, 2.24) is 5.32 Å². The van der Waals surface area contributed by atoms with Crippen LogP contribution in [0.4, 0.5) is 0 Å². The van der Waals surface area contributed by atoms with Crippen molar-refractivity contribution >= 4 is 22.7 Å². The molecule has 0 atom stereocenters. The van der Waals surface area contributed by atoms with Gasteiger partial charge in [0, 0.05) is 12.1 Å². The van der Waals surface area contributed by atoms with Crippen molar-refractivity contribution in [3.05, 3.63) is 59.2 Å². The van der Waals surface area contributed by atoms with Crippen molar-refractivity contribution in [3.8, 4) is 11.1 Å². The number of fused-ring (bicyclic) bond motifs is 3. The number of ketones is 1. The van der Waals surface area contributed by atoms with Crippen LogP contribution in [-0.4, -0.2) is 29.8 Å². The van der Waals surface area contributed by atoms with Crippen LogP contribution >= 0.6 is 11.8 Å². The molecule has 0 saturated carbocycles. The van der Waals surface area contributed by atoms with Crippen LogP contribution in [0.2, 0.25) is 0 Å². The fourth-order valence-corrected chi connectivity index (χ4v) is 3.81. The molecular weight excluding hydrogens is 292 g/mol. The van der Waals surface area contributed by atoms with Gasteiger partial charge in [-0.2, -0.15) is 0 Å². The highest BCUT2D eigenvalue weighted by molar-refractivity contribution is 8.14. The van der Waals surface area contributed by atoms with E-state index in [0.717, 1.165) is 30.2 Å². The van der Waals surface area contributed by atoms with Gasteiger partial charge in [-0.05, 0) is 34.7 Å². The molecule has 0 spiro atoms. The molecule has 2 aromatic rings. The van der Waals surface area contributed by atoms with Crippen molar-refractivity contribution in [3.63, 3.8) is 0 Å². The molecular formula is C18H16N2OS. The van der Waals surface area contributed by atoms with Gasteiger partial charge >= 0.3 is 0 Å². The average Bonchev–Trinajstić information content (AvgIpc) is 3.19. The number of nitrogens with one attached hydrogen (secondary N) is 1. The van der Waals surface area contributed by atoms with Gasteiger partial charge in [-0.15, -0.1) is 0 Å². The zero-order valence-corrected chi connectivity index (χ0v) is 13.0. The molecule has 0 radical (unpaired) electrons. The van der Waals surface area contributed by atoms with Crippen LogP contribution in [0.1, 0.15) is 21.5 Å². The van der Waals surface area contributed by atoms with Crippen LogP contribution < -0.4 is 5.32 Å². The van der Waals surface area contributed by atoms with Gasteiger partial charge in [0.1, 0.15) is 0 Å². The minimum atomic E-state index is 0.161. The molecule has 0 saturated heterocycles. The number of carbonyl (C=O) groups excluding carboxylic acids is 1. The van der Waals surface area contributed by atoms with E-state index >= 15 is 0 Å². The van der Waals surface area contributed by atoms with Gasteiger partial charge in [0.25, 0.3) is 0 Å². The van der Waals surface area contributed by atoms with Gasteiger partial charge in [0.2, 0.25) is 0 Å². The van der Waals surface area contributed by atoms with Gasteiger partial charge < -0.3 is 5.32 Å². The topological polar surface area (TPSA) is 41.5 Å². The van der Waals surface area contributed by atoms with Crippen LogP contribution in [0, 0.1) is 0 Å².